The Bertz CT molecular complexity index is 530. The number of rotatable bonds is 32. The average molecular weight is 579 g/mol. The van der Waals surface area contributed by atoms with Crippen molar-refractivity contribution in [1.82, 2.24) is 0 Å². The van der Waals surface area contributed by atoms with Gasteiger partial charge in [0.05, 0.1) is 12.5 Å². The average Bonchev–Trinajstić information content (AvgIpc) is 2.93. The number of unbranched alkanes of at least 4 members (excludes halogenated alkanes) is 21. The first kappa shape index (κ1) is 40.5. The van der Waals surface area contributed by atoms with Gasteiger partial charge in [-0.3, -0.25) is 4.79 Å². The minimum absolute atomic E-state index is 0.00793. The van der Waals surface area contributed by atoms with Crippen LogP contribution in [0.2, 0.25) is 0 Å². The van der Waals surface area contributed by atoms with Crippen LogP contribution in [0.4, 0.5) is 0 Å². The van der Waals surface area contributed by atoms with Crippen LogP contribution >= 0.6 is 0 Å². The van der Waals surface area contributed by atoms with E-state index in [1.54, 1.807) is 0 Å². The molecule has 0 aromatic carbocycles. The first-order valence-electron chi connectivity index (χ1n) is 19.1. The van der Waals surface area contributed by atoms with E-state index in [2.05, 4.69) is 34.6 Å². The summed E-state index contributed by atoms with van der Waals surface area (Å²) in [5.41, 5.74) is 0. The first-order chi connectivity index (χ1) is 19.9. The topological polar surface area (TPSA) is 26.3 Å². The number of carbonyl (C=O) groups excluding carboxylic acids is 1. The summed E-state index contributed by atoms with van der Waals surface area (Å²) < 4.78 is 5.47. The molecule has 0 aliphatic carbocycles. The molecule has 0 N–H and O–H groups in total. The van der Waals surface area contributed by atoms with Crippen LogP contribution in [0.3, 0.4) is 0 Å². The van der Waals surface area contributed by atoms with Gasteiger partial charge in [0.25, 0.3) is 0 Å². The molecule has 2 heteroatoms. The minimum Gasteiger partial charge on any atom is -0.465 e. The summed E-state index contributed by atoms with van der Waals surface area (Å²) in [6, 6.07) is 0. The molecule has 0 aromatic rings. The van der Waals surface area contributed by atoms with Crippen molar-refractivity contribution in [3.05, 3.63) is 0 Å². The maximum Gasteiger partial charge on any atom is 0.308 e. The first-order valence-corrected chi connectivity index (χ1v) is 19.1. The van der Waals surface area contributed by atoms with Crippen molar-refractivity contribution in [2.45, 2.75) is 215 Å². The fraction of sp³-hybridized carbons (Fsp3) is 0.974. The highest BCUT2D eigenvalue weighted by Crippen LogP contribution is 2.27. The van der Waals surface area contributed by atoms with E-state index in [1.807, 2.05) is 6.92 Å². The molecule has 0 rings (SSSR count). The number of carbonyl (C=O) groups is 1. The molecule has 0 bridgehead atoms. The smallest absolute Gasteiger partial charge is 0.308 e. The molecule has 0 radical (unpaired) electrons. The van der Waals surface area contributed by atoms with E-state index in [0.717, 1.165) is 31.1 Å². The molecule has 0 fully saturated rings. The van der Waals surface area contributed by atoms with Gasteiger partial charge in [0.15, 0.2) is 0 Å². The lowest BCUT2D eigenvalue weighted by Crippen LogP contribution is -2.19. The van der Waals surface area contributed by atoms with Crippen molar-refractivity contribution in [3.63, 3.8) is 0 Å². The molecule has 0 aromatic heterocycles. The van der Waals surface area contributed by atoms with Crippen molar-refractivity contribution in [2.75, 3.05) is 6.61 Å². The van der Waals surface area contributed by atoms with Crippen molar-refractivity contribution in [1.29, 1.82) is 0 Å². The number of esters is 1. The summed E-state index contributed by atoms with van der Waals surface area (Å²) in [5, 5.41) is 0. The van der Waals surface area contributed by atoms with Crippen LogP contribution in [0.25, 0.3) is 0 Å². The molecule has 4 unspecified atom stereocenters. The van der Waals surface area contributed by atoms with E-state index in [4.69, 9.17) is 4.74 Å². The van der Waals surface area contributed by atoms with Gasteiger partial charge in [-0.05, 0) is 43.4 Å². The Hall–Kier alpha value is -0.530. The third-order valence-corrected chi connectivity index (χ3v) is 9.31. The molecule has 0 aliphatic heterocycles. The fourth-order valence-electron chi connectivity index (χ4n) is 6.80. The SMILES string of the molecule is CCCCCCCCCCCCCCCCCCCCCCC(C)CC(C)CC(C)CC(C)C(=O)OCCCCC. The van der Waals surface area contributed by atoms with Crippen molar-refractivity contribution in [3.8, 4) is 0 Å². The van der Waals surface area contributed by atoms with Gasteiger partial charge < -0.3 is 4.74 Å². The lowest BCUT2D eigenvalue weighted by Gasteiger charge is -2.22. The van der Waals surface area contributed by atoms with Crippen molar-refractivity contribution >= 4 is 5.97 Å². The molecule has 0 aliphatic rings. The van der Waals surface area contributed by atoms with Gasteiger partial charge in [-0.1, -0.05) is 189 Å². The van der Waals surface area contributed by atoms with Gasteiger partial charge in [0, 0.05) is 0 Å². The monoisotopic (exact) mass is 579 g/mol. The zero-order valence-electron chi connectivity index (χ0n) is 29.4. The number of hydrogen-bond donors (Lipinski definition) is 0. The Morgan fingerprint density at radius 3 is 1.22 bits per heavy atom. The van der Waals surface area contributed by atoms with E-state index < -0.39 is 0 Å². The predicted molar refractivity (Wildman–Crippen MR) is 184 cm³/mol. The highest BCUT2D eigenvalue weighted by Gasteiger charge is 2.20. The summed E-state index contributed by atoms with van der Waals surface area (Å²) >= 11 is 0. The predicted octanol–water partition coefficient (Wildman–Crippen LogP) is 13.6. The fourth-order valence-corrected chi connectivity index (χ4v) is 6.80. The van der Waals surface area contributed by atoms with Crippen LogP contribution in [0.1, 0.15) is 215 Å². The Kier molecular flexibility index (Phi) is 30.5. The van der Waals surface area contributed by atoms with Gasteiger partial charge >= 0.3 is 5.97 Å². The van der Waals surface area contributed by atoms with Crippen LogP contribution in [0.5, 0.6) is 0 Å². The molecule has 0 spiro atoms. The second kappa shape index (κ2) is 30.9. The summed E-state index contributed by atoms with van der Waals surface area (Å²) in [6.45, 7) is 14.3. The molecule has 0 saturated carbocycles. The Labute approximate surface area is 260 Å². The van der Waals surface area contributed by atoms with Gasteiger partial charge in [0.1, 0.15) is 0 Å². The van der Waals surface area contributed by atoms with E-state index >= 15 is 0 Å². The van der Waals surface area contributed by atoms with E-state index in [1.165, 1.54) is 154 Å². The number of hydrogen-bond acceptors (Lipinski definition) is 2. The van der Waals surface area contributed by atoms with Crippen LogP contribution in [0.15, 0.2) is 0 Å². The molecular weight excluding hydrogens is 500 g/mol. The molecule has 0 amide bonds. The summed E-state index contributed by atoms with van der Waals surface area (Å²) in [4.78, 5) is 12.2. The molecule has 246 valence electrons. The largest absolute Gasteiger partial charge is 0.465 e. The third kappa shape index (κ3) is 29.3. The normalized spacial score (nSPS) is 14.6. The quantitative estimate of drug-likeness (QED) is 0.0586. The zero-order valence-corrected chi connectivity index (χ0v) is 29.4. The second-order valence-electron chi connectivity index (χ2n) is 14.3. The molecule has 41 heavy (non-hydrogen) atoms. The summed E-state index contributed by atoms with van der Waals surface area (Å²) in [5.74, 6) is 2.21. The second-order valence-corrected chi connectivity index (χ2v) is 14.3. The third-order valence-electron chi connectivity index (χ3n) is 9.31. The zero-order chi connectivity index (χ0) is 30.4. The van der Waals surface area contributed by atoms with Gasteiger partial charge in [0.2, 0.25) is 0 Å². The highest BCUT2D eigenvalue weighted by atomic mass is 16.5. The molecular formula is C39H78O2. The van der Waals surface area contributed by atoms with Gasteiger partial charge in [-0.15, -0.1) is 0 Å². The van der Waals surface area contributed by atoms with E-state index in [9.17, 15) is 4.79 Å². The molecule has 0 saturated heterocycles. The molecule has 0 heterocycles. The van der Waals surface area contributed by atoms with E-state index in [-0.39, 0.29) is 11.9 Å². The minimum atomic E-state index is 0.00793. The summed E-state index contributed by atoms with van der Waals surface area (Å²) in [6.07, 6.45) is 37.3. The van der Waals surface area contributed by atoms with Gasteiger partial charge in [-0.25, -0.2) is 0 Å². The molecule has 2 nitrogen and oxygen atoms in total. The standard InChI is InChI=1S/C39H78O2/c1-7-9-11-12-13-14-15-16-17-18-19-20-21-22-23-24-25-26-27-28-30-35(3)32-36(4)33-37(5)34-38(6)39(40)41-31-29-10-8-2/h35-38H,7-34H2,1-6H3. The molecule has 4 atom stereocenters. The highest BCUT2D eigenvalue weighted by molar-refractivity contribution is 5.71. The summed E-state index contributed by atoms with van der Waals surface area (Å²) in [7, 11) is 0. The van der Waals surface area contributed by atoms with Crippen LogP contribution in [-0.2, 0) is 9.53 Å². The Balaban J connectivity index is 3.49. The Morgan fingerprint density at radius 1 is 0.439 bits per heavy atom. The number of ether oxygens (including phenoxy) is 1. The van der Waals surface area contributed by atoms with Crippen LogP contribution < -0.4 is 0 Å². The maximum atomic E-state index is 12.2. The van der Waals surface area contributed by atoms with Crippen molar-refractivity contribution < 1.29 is 9.53 Å². The van der Waals surface area contributed by atoms with Crippen LogP contribution in [0, 0.1) is 23.7 Å². The van der Waals surface area contributed by atoms with Crippen molar-refractivity contribution in [2.24, 2.45) is 23.7 Å². The Morgan fingerprint density at radius 2 is 0.780 bits per heavy atom. The lowest BCUT2D eigenvalue weighted by molar-refractivity contribution is -0.148. The van der Waals surface area contributed by atoms with Crippen LogP contribution in [-0.4, -0.2) is 12.6 Å². The lowest BCUT2D eigenvalue weighted by atomic mass is 9.84. The van der Waals surface area contributed by atoms with Gasteiger partial charge in [-0.2, -0.15) is 0 Å². The van der Waals surface area contributed by atoms with E-state index in [0.29, 0.717) is 12.5 Å². The maximum absolute atomic E-state index is 12.2.